The van der Waals surface area contributed by atoms with Gasteiger partial charge in [0.2, 0.25) is 0 Å². The van der Waals surface area contributed by atoms with Crippen LogP contribution in [-0.4, -0.2) is 23.2 Å². The molecule has 2 rings (SSSR count). The number of hydrogen-bond acceptors (Lipinski definition) is 4. The molecule has 1 aromatic carbocycles. The molecule has 1 heterocycles. The Morgan fingerprint density at radius 3 is 2.62 bits per heavy atom. The molecular weight excluding hydrogens is 210 g/mol. The fourth-order valence-electron chi connectivity index (χ4n) is 1.35. The second-order valence-electron chi connectivity index (χ2n) is 3.06. The number of carbonyl (C=O) groups is 1. The maximum atomic E-state index is 10.8. The van der Waals surface area contributed by atoms with Crippen molar-refractivity contribution in [3.63, 3.8) is 0 Å². The summed E-state index contributed by atoms with van der Waals surface area (Å²) in [5.41, 5.74) is 0.556. The summed E-state index contributed by atoms with van der Waals surface area (Å²) in [6.45, 7) is 0. The average Bonchev–Trinajstić information content (AvgIpc) is 2.78. The van der Waals surface area contributed by atoms with Gasteiger partial charge in [-0.05, 0) is 24.3 Å². The molecule has 16 heavy (non-hydrogen) atoms. The summed E-state index contributed by atoms with van der Waals surface area (Å²) in [6, 6.07) is 6.88. The number of nitrogens with zero attached hydrogens (tertiary/aromatic N) is 1. The van der Waals surface area contributed by atoms with E-state index in [9.17, 15) is 4.79 Å². The molecule has 0 aliphatic heterocycles. The van der Waals surface area contributed by atoms with Crippen molar-refractivity contribution in [2.24, 2.45) is 0 Å². The third-order valence-electron chi connectivity index (χ3n) is 2.12. The van der Waals surface area contributed by atoms with E-state index in [2.05, 4.69) is 4.98 Å². The van der Waals surface area contributed by atoms with Gasteiger partial charge in [0.15, 0.2) is 17.8 Å². The van der Waals surface area contributed by atoms with E-state index < -0.39 is 5.97 Å². The summed E-state index contributed by atoms with van der Waals surface area (Å²) in [5.74, 6) is -0.171. The number of hydrogen-bond donors (Lipinski definition) is 1. The van der Waals surface area contributed by atoms with E-state index in [1.807, 2.05) is 0 Å². The lowest BCUT2D eigenvalue weighted by molar-refractivity contribution is 0.0691. The molecule has 5 nitrogen and oxygen atoms in total. The molecule has 0 aliphatic carbocycles. The van der Waals surface area contributed by atoms with Gasteiger partial charge >= 0.3 is 5.97 Å². The van der Waals surface area contributed by atoms with Crippen LogP contribution in [0.4, 0.5) is 0 Å². The first kappa shape index (κ1) is 10.2. The first-order valence-electron chi connectivity index (χ1n) is 4.53. The Bertz CT molecular complexity index is 501. The zero-order valence-electron chi connectivity index (χ0n) is 8.51. The number of rotatable bonds is 3. The topological polar surface area (TPSA) is 72.6 Å². The highest BCUT2D eigenvalue weighted by atomic mass is 16.5. The lowest BCUT2D eigenvalue weighted by Gasteiger charge is -2.01. The fraction of sp³-hybridized carbons (Fsp3) is 0.0909. The van der Waals surface area contributed by atoms with E-state index in [0.717, 1.165) is 6.39 Å². The summed E-state index contributed by atoms with van der Waals surface area (Å²) in [6.07, 6.45) is 1.11. The highest BCUT2D eigenvalue weighted by Gasteiger charge is 2.16. The average molecular weight is 219 g/mol. The number of carboxylic acids is 1. The molecule has 0 unspecified atom stereocenters. The largest absolute Gasteiger partial charge is 0.497 e. The first-order chi connectivity index (χ1) is 7.72. The Hall–Kier alpha value is -2.30. The predicted octanol–water partition coefficient (Wildman–Crippen LogP) is 2.05. The molecule has 0 fully saturated rings. The number of benzene rings is 1. The Kier molecular flexibility index (Phi) is 2.59. The molecule has 0 spiro atoms. The number of carboxylic acid groups (broad SMARTS) is 1. The quantitative estimate of drug-likeness (QED) is 0.855. The molecule has 2 aromatic rings. The second kappa shape index (κ2) is 4.06. The predicted molar refractivity (Wildman–Crippen MR) is 55.5 cm³/mol. The molecule has 82 valence electrons. The fourth-order valence-corrected chi connectivity index (χ4v) is 1.35. The van der Waals surface area contributed by atoms with Gasteiger partial charge in [0.25, 0.3) is 0 Å². The van der Waals surface area contributed by atoms with Crippen molar-refractivity contribution in [1.82, 2.24) is 4.98 Å². The van der Waals surface area contributed by atoms with Crippen LogP contribution < -0.4 is 4.74 Å². The second-order valence-corrected chi connectivity index (χ2v) is 3.06. The maximum Gasteiger partial charge on any atom is 0.358 e. The summed E-state index contributed by atoms with van der Waals surface area (Å²) >= 11 is 0. The normalized spacial score (nSPS) is 10.1. The summed E-state index contributed by atoms with van der Waals surface area (Å²) in [7, 11) is 1.56. The van der Waals surface area contributed by atoms with Crippen LogP contribution in [0.25, 0.3) is 11.3 Å². The molecule has 0 aliphatic rings. The van der Waals surface area contributed by atoms with Crippen molar-refractivity contribution in [3.05, 3.63) is 36.4 Å². The van der Waals surface area contributed by atoms with Crippen molar-refractivity contribution in [2.45, 2.75) is 0 Å². The monoisotopic (exact) mass is 219 g/mol. The smallest absolute Gasteiger partial charge is 0.358 e. The van der Waals surface area contributed by atoms with Crippen molar-refractivity contribution in [2.75, 3.05) is 7.11 Å². The summed E-state index contributed by atoms with van der Waals surface area (Å²) in [5, 5.41) is 8.87. The summed E-state index contributed by atoms with van der Waals surface area (Å²) < 4.78 is 10.1. The van der Waals surface area contributed by atoms with Crippen LogP contribution in [0.5, 0.6) is 5.75 Å². The van der Waals surface area contributed by atoms with Gasteiger partial charge in [-0.2, -0.15) is 0 Å². The van der Waals surface area contributed by atoms with Gasteiger partial charge in [-0.3, -0.25) is 0 Å². The SMILES string of the molecule is COc1ccc(-c2ocnc2C(=O)O)cc1. The number of aromatic nitrogens is 1. The zero-order valence-corrected chi connectivity index (χ0v) is 8.51. The minimum atomic E-state index is -1.11. The Balaban J connectivity index is 2.42. The van der Waals surface area contributed by atoms with E-state index in [4.69, 9.17) is 14.3 Å². The van der Waals surface area contributed by atoms with Crippen LogP contribution in [0.2, 0.25) is 0 Å². The molecular formula is C11H9NO4. The van der Waals surface area contributed by atoms with Crippen LogP contribution in [0.15, 0.2) is 35.1 Å². The zero-order chi connectivity index (χ0) is 11.5. The van der Waals surface area contributed by atoms with E-state index in [0.29, 0.717) is 11.3 Å². The molecule has 0 saturated carbocycles. The molecule has 1 N–H and O–H groups in total. The van der Waals surface area contributed by atoms with Gasteiger partial charge in [-0.25, -0.2) is 9.78 Å². The minimum absolute atomic E-state index is 0.0924. The molecule has 0 bridgehead atoms. The Labute approximate surface area is 91.3 Å². The van der Waals surface area contributed by atoms with E-state index in [-0.39, 0.29) is 11.5 Å². The van der Waals surface area contributed by atoms with Crippen molar-refractivity contribution < 1.29 is 19.1 Å². The van der Waals surface area contributed by atoms with E-state index in [1.165, 1.54) is 0 Å². The molecule has 1 aromatic heterocycles. The maximum absolute atomic E-state index is 10.8. The van der Waals surface area contributed by atoms with Gasteiger partial charge in [0, 0.05) is 5.56 Å². The standard InChI is InChI=1S/C11H9NO4/c1-15-8-4-2-7(3-5-8)10-9(11(13)14)12-6-16-10/h2-6H,1H3,(H,13,14). The van der Waals surface area contributed by atoms with Crippen molar-refractivity contribution in [1.29, 1.82) is 0 Å². The Morgan fingerprint density at radius 1 is 1.38 bits per heavy atom. The van der Waals surface area contributed by atoms with Crippen LogP contribution in [0.1, 0.15) is 10.5 Å². The van der Waals surface area contributed by atoms with Gasteiger partial charge < -0.3 is 14.3 Å². The number of ether oxygens (including phenoxy) is 1. The molecule has 0 radical (unpaired) electrons. The third-order valence-corrected chi connectivity index (χ3v) is 2.12. The number of methoxy groups -OCH3 is 1. The Morgan fingerprint density at radius 2 is 2.06 bits per heavy atom. The van der Waals surface area contributed by atoms with Gasteiger partial charge in [0.1, 0.15) is 5.75 Å². The van der Waals surface area contributed by atoms with Gasteiger partial charge in [0.05, 0.1) is 7.11 Å². The molecule has 0 amide bonds. The third kappa shape index (κ3) is 1.75. The van der Waals surface area contributed by atoms with Crippen LogP contribution >= 0.6 is 0 Å². The van der Waals surface area contributed by atoms with Crippen molar-refractivity contribution in [3.8, 4) is 17.1 Å². The van der Waals surface area contributed by atoms with E-state index in [1.54, 1.807) is 31.4 Å². The lowest BCUT2D eigenvalue weighted by Crippen LogP contribution is -1.98. The highest BCUT2D eigenvalue weighted by Crippen LogP contribution is 2.25. The molecule has 5 heteroatoms. The number of aromatic carboxylic acids is 1. The van der Waals surface area contributed by atoms with Crippen LogP contribution in [0.3, 0.4) is 0 Å². The van der Waals surface area contributed by atoms with Crippen molar-refractivity contribution >= 4 is 5.97 Å². The first-order valence-corrected chi connectivity index (χ1v) is 4.53. The lowest BCUT2D eigenvalue weighted by atomic mass is 10.1. The van der Waals surface area contributed by atoms with Gasteiger partial charge in [-0.15, -0.1) is 0 Å². The van der Waals surface area contributed by atoms with Gasteiger partial charge in [-0.1, -0.05) is 0 Å². The summed E-state index contributed by atoms with van der Waals surface area (Å²) in [4.78, 5) is 14.5. The highest BCUT2D eigenvalue weighted by molar-refractivity contribution is 5.92. The molecule has 0 saturated heterocycles. The van der Waals surface area contributed by atoms with E-state index >= 15 is 0 Å². The van der Waals surface area contributed by atoms with Crippen LogP contribution in [0, 0.1) is 0 Å². The van der Waals surface area contributed by atoms with Crippen LogP contribution in [-0.2, 0) is 0 Å². The minimum Gasteiger partial charge on any atom is -0.497 e. The molecule has 0 atom stereocenters. The number of oxazole rings is 1.